The summed E-state index contributed by atoms with van der Waals surface area (Å²) in [6.45, 7) is 8.22. The van der Waals surface area contributed by atoms with E-state index in [0.717, 1.165) is 10.0 Å². The van der Waals surface area contributed by atoms with Gasteiger partial charge in [-0.15, -0.1) is 0 Å². The van der Waals surface area contributed by atoms with Crippen LogP contribution in [0.25, 0.3) is 0 Å². The van der Waals surface area contributed by atoms with Gasteiger partial charge in [-0.25, -0.2) is 9.37 Å². The van der Waals surface area contributed by atoms with Crippen molar-refractivity contribution in [3.63, 3.8) is 0 Å². The van der Waals surface area contributed by atoms with Gasteiger partial charge >= 0.3 is 7.12 Å². The number of nitrogens with zero attached hydrogens (tertiary/aromatic N) is 1. The minimum Gasteiger partial charge on any atom is -0.477 e. The number of hydrogen-bond donors (Lipinski definition) is 0. The van der Waals surface area contributed by atoms with E-state index in [-0.39, 0.29) is 5.73 Å². The molecule has 4 nitrogen and oxygen atoms in total. The van der Waals surface area contributed by atoms with Crippen LogP contribution in [0.4, 0.5) is 4.39 Å². The third-order valence-corrected chi connectivity index (χ3v) is 5.65. The number of hydrogen-bond acceptors (Lipinski definition) is 4. The van der Waals surface area contributed by atoms with Gasteiger partial charge in [-0.2, -0.15) is 0 Å². The summed E-state index contributed by atoms with van der Waals surface area (Å²) in [5.41, 5.74) is -0.550. The Bertz CT molecular complexity index is 641. The average Bonchev–Trinajstić information content (AvgIpc) is 2.67. The molecule has 2 fully saturated rings. The van der Waals surface area contributed by atoms with Gasteiger partial charge in [-0.3, -0.25) is 0 Å². The van der Waals surface area contributed by atoms with E-state index < -0.39 is 18.3 Å². The van der Waals surface area contributed by atoms with Crippen LogP contribution in [0.5, 0.6) is 5.88 Å². The lowest BCUT2D eigenvalue weighted by atomic mass is 9.73. The Morgan fingerprint density at radius 2 is 1.96 bits per heavy atom. The molecule has 0 bridgehead atoms. The molecule has 1 saturated heterocycles. The van der Waals surface area contributed by atoms with Crippen LogP contribution in [0.1, 0.15) is 40.5 Å². The first-order valence-corrected chi connectivity index (χ1v) is 8.95. The Morgan fingerprint density at radius 3 is 2.54 bits per heavy atom. The number of ether oxygens (including phenoxy) is 1. The summed E-state index contributed by atoms with van der Waals surface area (Å²) in [7, 11) is -0.892. The summed E-state index contributed by atoms with van der Waals surface area (Å²) in [5.74, 6) is 0.864. The summed E-state index contributed by atoms with van der Waals surface area (Å²) >= 11 is 3.40. The molecule has 0 N–H and O–H groups in total. The first-order chi connectivity index (χ1) is 11.2. The molecule has 24 heavy (non-hydrogen) atoms. The summed E-state index contributed by atoms with van der Waals surface area (Å²) in [6.07, 6.45) is 3.02. The first kappa shape index (κ1) is 17.9. The number of aromatic nitrogens is 1. The van der Waals surface area contributed by atoms with Crippen LogP contribution >= 0.6 is 15.9 Å². The SMILES string of the molecule is CC1(C)OB(C(F)=C2CC(COc3ncccc3Br)C2)OC1(C)C. The van der Waals surface area contributed by atoms with Gasteiger partial charge in [0.15, 0.2) is 0 Å². The zero-order valence-electron chi connectivity index (χ0n) is 14.4. The molecule has 2 aliphatic rings. The van der Waals surface area contributed by atoms with Crippen LogP contribution in [0.3, 0.4) is 0 Å². The van der Waals surface area contributed by atoms with Crippen molar-refractivity contribution < 1.29 is 18.4 Å². The summed E-state index contributed by atoms with van der Waals surface area (Å²) in [6, 6.07) is 3.72. The highest BCUT2D eigenvalue weighted by molar-refractivity contribution is 9.10. The van der Waals surface area contributed by atoms with Crippen molar-refractivity contribution in [3.8, 4) is 5.88 Å². The number of pyridine rings is 1. The van der Waals surface area contributed by atoms with Crippen molar-refractivity contribution in [3.05, 3.63) is 34.1 Å². The molecular weight excluding hydrogens is 376 g/mol. The second kappa shape index (κ2) is 6.43. The minimum absolute atomic E-state index is 0.274. The van der Waals surface area contributed by atoms with Crippen molar-refractivity contribution in [2.75, 3.05) is 6.61 Å². The third-order valence-electron chi connectivity index (χ3n) is 5.05. The third kappa shape index (κ3) is 3.39. The van der Waals surface area contributed by atoms with E-state index in [2.05, 4.69) is 20.9 Å². The molecule has 1 aromatic heterocycles. The summed E-state index contributed by atoms with van der Waals surface area (Å²) < 4.78 is 32.6. The Labute approximate surface area is 151 Å². The smallest absolute Gasteiger partial charge is 0.477 e. The van der Waals surface area contributed by atoms with Crippen LogP contribution in [0, 0.1) is 5.92 Å². The zero-order chi connectivity index (χ0) is 17.5. The number of allylic oxidation sites excluding steroid dienone is 1. The fraction of sp³-hybridized carbons (Fsp3) is 0.588. The molecule has 2 heterocycles. The summed E-state index contributed by atoms with van der Waals surface area (Å²) in [4.78, 5) is 4.16. The standard InChI is InChI=1S/C17H22BBrFNO3/c1-16(2)17(3,4)24-18(23-16)14(20)12-8-11(9-12)10-22-15-13(19)6-5-7-21-15/h5-7,11H,8-10H2,1-4H3. The molecular formula is C17H22BBrFNO3. The Balaban J connectivity index is 1.54. The van der Waals surface area contributed by atoms with Crippen molar-refractivity contribution >= 4 is 23.0 Å². The van der Waals surface area contributed by atoms with Crippen LogP contribution in [-0.2, 0) is 9.31 Å². The van der Waals surface area contributed by atoms with Gasteiger partial charge in [-0.05, 0) is 74.2 Å². The highest BCUT2D eigenvalue weighted by Crippen LogP contribution is 2.43. The van der Waals surface area contributed by atoms with Crippen LogP contribution in [0.15, 0.2) is 34.1 Å². The molecule has 1 aliphatic heterocycles. The lowest BCUT2D eigenvalue weighted by Gasteiger charge is -2.32. The molecule has 0 spiro atoms. The topological polar surface area (TPSA) is 40.6 Å². The Hall–Kier alpha value is -0.915. The van der Waals surface area contributed by atoms with Gasteiger partial charge in [-0.1, -0.05) is 0 Å². The van der Waals surface area contributed by atoms with E-state index in [1.807, 2.05) is 39.8 Å². The minimum atomic E-state index is -0.892. The van der Waals surface area contributed by atoms with Gasteiger partial charge < -0.3 is 14.0 Å². The summed E-state index contributed by atoms with van der Waals surface area (Å²) in [5, 5.41) is 0. The quantitative estimate of drug-likeness (QED) is 0.702. The van der Waals surface area contributed by atoms with E-state index >= 15 is 0 Å². The van der Waals surface area contributed by atoms with Gasteiger partial charge in [0.2, 0.25) is 5.88 Å². The van der Waals surface area contributed by atoms with Gasteiger partial charge in [0.1, 0.15) is 5.73 Å². The van der Waals surface area contributed by atoms with E-state index in [9.17, 15) is 4.39 Å². The second-order valence-corrected chi connectivity index (χ2v) is 8.27. The molecule has 0 atom stereocenters. The maximum atomic E-state index is 14.6. The van der Waals surface area contributed by atoms with E-state index in [4.69, 9.17) is 14.0 Å². The van der Waals surface area contributed by atoms with E-state index in [1.165, 1.54) is 0 Å². The fourth-order valence-electron chi connectivity index (χ4n) is 2.74. The van der Waals surface area contributed by atoms with Crippen molar-refractivity contribution in [2.24, 2.45) is 5.92 Å². The molecule has 0 radical (unpaired) electrons. The predicted octanol–water partition coefficient (Wildman–Crippen LogP) is 4.49. The normalized spacial score (nSPS) is 24.7. The fourth-order valence-corrected chi connectivity index (χ4v) is 3.11. The molecule has 0 amide bonds. The molecule has 1 aromatic rings. The Kier molecular flexibility index (Phi) is 4.79. The molecule has 0 aromatic carbocycles. The molecule has 7 heteroatoms. The monoisotopic (exact) mass is 397 g/mol. The number of halogens is 2. The maximum absolute atomic E-state index is 14.6. The zero-order valence-corrected chi connectivity index (χ0v) is 16.0. The molecule has 3 rings (SSSR count). The van der Waals surface area contributed by atoms with Crippen molar-refractivity contribution in [1.82, 2.24) is 4.98 Å². The lowest BCUT2D eigenvalue weighted by Crippen LogP contribution is -2.41. The highest BCUT2D eigenvalue weighted by atomic mass is 79.9. The van der Waals surface area contributed by atoms with Gasteiger partial charge in [0, 0.05) is 12.1 Å². The molecule has 0 unspecified atom stereocenters. The van der Waals surface area contributed by atoms with Crippen LogP contribution in [-0.4, -0.2) is 29.9 Å². The largest absolute Gasteiger partial charge is 0.525 e. The molecule has 130 valence electrons. The second-order valence-electron chi connectivity index (χ2n) is 7.42. The van der Waals surface area contributed by atoms with E-state index in [1.54, 1.807) is 6.20 Å². The van der Waals surface area contributed by atoms with E-state index in [0.29, 0.717) is 31.2 Å². The maximum Gasteiger partial charge on any atom is 0.525 e. The van der Waals surface area contributed by atoms with Crippen LogP contribution in [0.2, 0.25) is 0 Å². The molecule has 1 saturated carbocycles. The predicted molar refractivity (Wildman–Crippen MR) is 94.4 cm³/mol. The van der Waals surface area contributed by atoms with Crippen molar-refractivity contribution in [2.45, 2.75) is 51.7 Å². The Morgan fingerprint density at radius 1 is 1.33 bits per heavy atom. The average molecular weight is 398 g/mol. The van der Waals surface area contributed by atoms with Crippen LogP contribution < -0.4 is 4.74 Å². The number of rotatable bonds is 4. The molecule has 1 aliphatic carbocycles. The van der Waals surface area contributed by atoms with Gasteiger partial charge in [0.05, 0.1) is 22.3 Å². The van der Waals surface area contributed by atoms with Crippen molar-refractivity contribution in [1.29, 1.82) is 0 Å². The lowest BCUT2D eigenvalue weighted by molar-refractivity contribution is 0.00578. The highest BCUT2D eigenvalue weighted by Gasteiger charge is 2.54. The van der Waals surface area contributed by atoms with Gasteiger partial charge in [0.25, 0.3) is 0 Å². The first-order valence-electron chi connectivity index (χ1n) is 8.16.